The number of ether oxygens (including phenoxy) is 4. The van der Waals surface area contributed by atoms with Gasteiger partial charge in [-0.25, -0.2) is 19.6 Å². The number of nitrogens with one attached hydrogen (secondary N) is 1. The summed E-state index contributed by atoms with van der Waals surface area (Å²) in [7, 11) is 4.12. The lowest BCUT2D eigenvalue weighted by Crippen LogP contribution is -2.49. The zero-order valence-electron chi connectivity index (χ0n) is 37.5. The van der Waals surface area contributed by atoms with Crippen LogP contribution in [0.1, 0.15) is 56.3 Å². The lowest BCUT2D eigenvalue weighted by Gasteiger charge is -2.40. The van der Waals surface area contributed by atoms with Gasteiger partial charge in [-0.05, 0) is 71.9 Å². The summed E-state index contributed by atoms with van der Waals surface area (Å²) in [5, 5.41) is 19.0. The molecule has 2 aromatic heterocycles. The zero-order chi connectivity index (χ0) is 46.6. The highest BCUT2D eigenvalue weighted by Crippen LogP contribution is 2.46. The van der Waals surface area contributed by atoms with Crippen LogP contribution in [0.5, 0.6) is 11.5 Å². The van der Waals surface area contributed by atoms with Crippen molar-refractivity contribution >= 4 is 36.9 Å². The van der Waals surface area contributed by atoms with E-state index < -0.39 is 57.1 Å². The third-order valence-electron chi connectivity index (χ3n) is 11.6. The maximum atomic E-state index is 13.0. The third-order valence-corrected chi connectivity index (χ3v) is 16.1. The molecule has 4 atom stereocenters. The van der Waals surface area contributed by atoms with Gasteiger partial charge in [-0.15, -0.1) is 0 Å². The number of amides is 1. The highest BCUT2D eigenvalue weighted by atomic mass is 28.4. The second-order valence-electron chi connectivity index (χ2n) is 16.9. The number of amidine groups is 1. The van der Waals surface area contributed by atoms with Gasteiger partial charge < -0.3 is 38.7 Å². The minimum absolute atomic E-state index is 0.0492. The summed E-state index contributed by atoms with van der Waals surface area (Å²) < 4.78 is 72.4. The average molecular weight is 902 g/mol. The number of methoxy groups -OCH3 is 2. The largest absolute Gasteiger partial charge is 0.497 e. The zero-order valence-corrected chi connectivity index (χ0v) is 38.5. The van der Waals surface area contributed by atoms with E-state index in [-0.39, 0.29) is 34.2 Å². The Balaban J connectivity index is 1.49. The van der Waals surface area contributed by atoms with E-state index in [0.29, 0.717) is 17.3 Å². The molecule has 1 aliphatic rings. The van der Waals surface area contributed by atoms with Crippen LogP contribution < -0.4 is 14.8 Å². The Morgan fingerprint density at radius 2 is 1.52 bits per heavy atom. The number of carbonyl (C=O) groups excluding carboxylic acids is 1. The van der Waals surface area contributed by atoms with Crippen molar-refractivity contribution in [2.24, 2.45) is 4.99 Å². The molecule has 340 valence electrons. The van der Waals surface area contributed by atoms with Gasteiger partial charge in [0, 0.05) is 14.1 Å². The normalized spacial score (nSPS) is 18.4. The number of aliphatic imine (C=N–C) groups is 1. The fourth-order valence-electron chi connectivity index (χ4n) is 6.89. The Labute approximate surface area is 371 Å². The molecule has 3 heterocycles. The van der Waals surface area contributed by atoms with E-state index in [0.717, 1.165) is 16.7 Å². The molecular formula is C46H54F3N7O7Si. The minimum atomic E-state index is -5.08. The highest BCUT2D eigenvalue weighted by molar-refractivity contribution is 6.74. The number of aromatic nitrogens is 4. The van der Waals surface area contributed by atoms with Crippen LogP contribution in [0.15, 0.2) is 90.2 Å². The van der Waals surface area contributed by atoms with E-state index in [2.05, 4.69) is 60.7 Å². The quantitative estimate of drug-likeness (QED) is 0.0408. The molecule has 0 saturated carbocycles. The summed E-state index contributed by atoms with van der Waals surface area (Å²) in [4.78, 5) is 27.0. The number of carbonyl (C=O) groups is 1. The van der Waals surface area contributed by atoms with E-state index >= 15 is 0 Å². The summed E-state index contributed by atoms with van der Waals surface area (Å²) in [5.41, 5.74) is 1.36. The Bertz CT molecular complexity index is 2450. The van der Waals surface area contributed by atoms with Crippen LogP contribution in [0.25, 0.3) is 11.0 Å². The first kappa shape index (κ1) is 47.6. The molecule has 1 aliphatic heterocycles. The monoisotopic (exact) mass is 901 g/mol. The third kappa shape index (κ3) is 9.93. The maximum absolute atomic E-state index is 13.0. The van der Waals surface area contributed by atoms with Crippen molar-refractivity contribution in [3.05, 3.63) is 108 Å². The molecule has 18 heteroatoms. The van der Waals surface area contributed by atoms with Gasteiger partial charge >= 0.3 is 12.1 Å². The van der Waals surface area contributed by atoms with E-state index in [1.165, 1.54) is 11.0 Å². The van der Waals surface area contributed by atoms with Crippen LogP contribution in [-0.4, -0.2) is 116 Å². The Morgan fingerprint density at radius 3 is 2.05 bits per heavy atom. The van der Waals surface area contributed by atoms with Crippen LogP contribution in [0.2, 0.25) is 18.1 Å². The molecule has 0 aliphatic carbocycles. The SMILES string of the molecule is COc1ccc(C(OC[C@H]2O[C@@H](n3nc(C#CCNC(=O)C(F)(F)F)c4c(/N=C(/C)N(C)C)ncnc43)[C@H](O[Si](C)(C)C(C)(C)C)[C@@H]2O)(c2ccccc2)c2ccc(OC)cc2)cc1. The van der Waals surface area contributed by atoms with Gasteiger partial charge in [0.15, 0.2) is 26.0 Å². The standard InChI is InChI=1S/C46H54F3N7O7Si/c1-29(55(5)6)53-40-37-35(17-14-26-50-43(58)46(47,48)49)54-56(41(37)52-28-51-40)42-39(63-64(9,10)44(2,3)4)38(57)36(62-42)27-61-45(30-15-12-11-13-16-30,31-18-22-33(59-7)23-19-31)32-20-24-34(60-8)25-21-32/h11-13,15-16,18-25,28,36,38-39,42,57H,26-27H2,1-10H3,(H,50,58)/b53-29-/t36-,38-,39-,42-/m1/s1. The van der Waals surface area contributed by atoms with Crippen LogP contribution in [-0.2, 0) is 24.3 Å². The predicted molar refractivity (Wildman–Crippen MR) is 238 cm³/mol. The topological polar surface area (TPSA) is 155 Å². The minimum Gasteiger partial charge on any atom is -0.497 e. The number of halogens is 3. The number of alkyl halides is 3. The number of fused-ring (bicyclic) bond motifs is 1. The van der Waals surface area contributed by atoms with Gasteiger partial charge in [0.2, 0.25) is 0 Å². The van der Waals surface area contributed by atoms with Crippen LogP contribution in [0.4, 0.5) is 19.0 Å². The molecule has 0 radical (unpaired) electrons. The first-order valence-electron chi connectivity index (χ1n) is 20.5. The van der Waals surface area contributed by atoms with Crippen molar-refractivity contribution in [2.45, 2.75) is 82.1 Å². The number of nitrogens with zero attached hydrogens (tertiary/aromatic N) is 6. The molecule has 0 spiro atoms. The number of aliphatic hydroxyl groups is 1. The summed E-state index contributed by atoms with van der Waals surface area (Å²) in [6, 6.07) is 24.8. The Morgan fingerprint density at radius 1 is 0.938 bits per heavy atom. The summed E-state index contributed by atoms with van der Waals surface area (Å²) in [6.07, 6.45) is -8.23. The molecule has 5 aromatic rings. The molecule has 1 amide bonds. The fourth-order valence-corrected chi connectivity index (χ4v) is 8.18. The van der Waals surface area contributed by atoms with E-state index in [1.807, 2.05) is 78.9 Å². The van der Waals surface area contributed by atoms with Crippen molar-refractivity contribution in [3.8, 4) is 23.3 Å². The number of rotatable bonds is 13. The van der Waals surface area contributed by atoms with Crippen molar-refractivity contribution in [2.75, 3.05) is 41.5 Å². The fraction of sp³-hybridized carbons (Fsp3) is 0.413. The van der Waals surface area contributed by atoms with Crippen molar-refractivity contribution in [3.63, 3.8) is 0 Å². The molecule has 1 fully saturated rings. The smallest absolute Gasteiger partial charge is 0.471 e. The van der Waals surface area contributed by atoms with E-state index in [1.54, 1.807) is 45.5 Å². The maximum Gasteiger partial charge on any atom is 0.471 e. The molecular weight excluding hydrogens is 848 g/mol. The van der Waals surface area contributed by atoms with Crippen LogP contribution in [0.3, 0.4) is 0 Å². The molecule has 0 unspecified atom stereocenters. The van der Waals surface area contributed by atoms with Crippen molar-refractivity contribution < 1.29 is 46.4 Å². The number of aliphatic hydroxyl groups excluding tert-OH is 1. The first-order chi connectivity index (χ1) is 30.2. The van der Waals surface area contributed by atoms with Crippen LogP contribution >= 0.6 is 0 Å². The highest BCUT2D eigenvalue weighted by Gasteiger charge is 2.52. The number of hydrogen-bond donors (Lipinski definition) is 2. The molecule has 64 heavy (non-hydrogen) atoms. The summed E-state index contributed by atoms with van der Waals surface area (Å²) in [6.45, 7) is 11.3. The lowest BCUT2D eigenvalue weighted by molar-refractivity contribution is -0.173. The Hall–Kier alpha value is -5.84. The second-order valence-corrected chi connectivity index (χ2v) is 21.7. The number of hydrogen-bond acceptors (Lipinski definition) is 11. The van der Waals surface area contributed by atoms with Crippen molar-refractivity contribution in [1.29, 1.82) is 0 Å². The summed E-state index contributed by atoms with van der Waals surface area (Å²) in [5.74, 6) is 5.28. The molecule has 14 nitrogen and oxygen atoms in total. The molecule has 3 aromatic carbocycles. The van der Waals surface area contributed by atoms with E-state index in [9.17, 15) is 23.1 Å². The molecule has 6 rings (SSSR count). The Kier molecular flexibility index (Phi) is 14.2. The number of benzene rings is 3. The van der Waals surface area contributed by atoms with Crippen molar-refractivity contribution in [1.82, 2.24) is 30.0 Å². The lowest BCUT2D eigenvalue weighted by atomic mass is 9.80. The molecule has 0 bridgehead atoms. The second kappa shape index (κ2) is 19.1. The molecule has 2 N–H and O–H groups in total. The van der Waals surface area contributed by atoms with Gasteiger partial charge in [0.25, 0.3) is 0 Å². The van der Waals surface area contributed by atoms with Gasteiger partial charge in [-0.1, -0.05) is 81.3 Å². The van der Waals surface area contributed by atoms with Gasteiger partial charge in [0.05, 0.1) is 32.8 Å². The first-order valence-corrected chi connectivity index (χ1v) is 23.4. The van der Waals surface area contributed by atoms with Gasteiger partial charge in [0.1, 0.15) is 53.3 Å². The van der Waals surface area contributed by atoms with E-state index in [4.69, 9.17) is 28.5 Å². The average Bonchev–Trinajstić information content (AvgIpc) is 3.78. The van der Waals surface area contributed by atoms with Gasteiger partial charge in [-0.3, -0.25) is 4.79 Å². The van der Waals surface area contributed by atoms with Crippen LogP contribution in [0, 0.1) is 11.8 Å². The summed E-state index contributed by atoms with van der Waals surface area (Å²) >= 11 is 0. The predicted octanol–water partition coefficient (Wildman–Crippen LogP) is 7.14. The molecule has 1 saturated heterocycles. The van der Waals surface area contributed by atoms with Gasteiger partial charge in [-0.2, -0.15) is 18.3 Å².